The number of fused-ring (bicyclic) bond motifs is 1. The second-order valence-corrected chi connectivity index (χ2v) is 3.93. The van der Waals surface area contributed by atoms with Crippen LogP contribution in [0.2, 0.25) is 0 Å². The maximum Gasteiger partial charge on any atom is 0.207 e. The molecular formula is C12H14N2O2. The average molecular weight is 218 g/mol. The van der Waals surface area contributed by atoms with Crippen molar-refractivity contribution in [3.05, 3.63) is 34.6 Å². The molecule has 0 saturated carbocycles. The van der Waals surface area contributed by atoms with Crippen LogP contribution >= 0.6 is 0 Å². The molecule has 0 spiro atoms. The minimum Gasteiger partial charge on any atom is -0.497 e. The summed E-state index contributed by atoms with van der Waals surface area (Å²) in [6, 6.07) is 5.60. The molecule has 16 heavy (non-hydrogen) atoms. The number of hydrogen-bond acceptors (Lipinski definition) is 3. The van der Waals surface area contributed by atoms with E-state index in [1.54, 1.807) is 19.2 Å². The molecule has 2 rings (SSSR count). The van der Waals surface area contributed by atoms with Crippen molar-refractivity contribution in [1.29, 1.82) is 0 Å². The molecule has 0 aliphatic carbocycles. The van der Waals surface area contributed by atoms with Crippen LogP contribution in [0.15, 0.2) is 29.2 Å². The first-order chi connectivity index (χ1) is 7.63. The van der Waals surface area contributed by atoms with Gasteiger partial charge in [0.2, 0.25) is 5.43 Å². The number of benzene rings is 1. The van der Waals surface area contributed by atoms with Crippen molar-refractivity contribution in [2.75, 3.05) is 7.11 Å². The molecule has 0 radical (unpaired) electrons. The zero-order valence-electron chi connectivity index (χ0n) is 9.60. The number of methoxy groups -OCH3 is 1. The third-order valence-electron chi connectivity index (χ3n) is 2.51. The lowest BCUT2D eigenvalue weighted by molar-refractivity contribution is 0.414. The Bertz CT molecular complexity index is 573. The highest BCUT2D eigenvalue weighted by Crippen LogP contribution is 2.19. The fourth-order valence-electron chi connectivity index (χ4n) is 1.69. The van der Waals surface area contributed by atoms with E-state index in [1.165, 1.54) is 6.20 Å². The summed E-state index contributed by atoms with van der Waals surface area (Å²) < 4.78 is 6.97. The molecule has 84 valence electrons. The minimum absolute atomic E-state index is 0.0606. The van der Waals surface area contributed by atoms with Gasteiger partial charge in [0.05, 0.1) is 18.8 Å². The van der Waals surface area contributed by atoms with Crippen LogP contribution in [0.5, 0.6) is 5.75 Å². The van der Waals surface area contributed by atoms with Gasteiger partial charge in [-0.25, -0.2) is 0 Å². The average Bonchev–Trinajstić information content (AvgIpc) is 2.28. The Hall–Kier alpha value is -1.84. The molecule has 0 unspecified atom stereocenters. The normalized spacial score (nSPS) is 11.0. The Morgan fingerprint density at radius 3 is 2.75 bits per heavy atom. The van der Waals surface area contributed by atoms with Gasteiger partial charge in [-0.3, -0.25) is 9.48 Å². The quantitative estimate of drug-likeness (QED) is 0.774. The van der Waals surface area contributed by atoms with Gasteiger partial charge >= 0.3 is 0 Å². The molecule has 0 fully saturated rings. The van der Waals surface area contributed by atoms with Crippen LogP contribution in [0.25, 0.3) is 10.9 Å². The molecular weight excluding hydrogens is 204 g/mol. The molecule has 1 aromatic carbocycles. The van der Waals surface area contributed by atoms with Gasteiger partial charge in [0.25, 0.3) is 0 Å². The lowest BCUT2D eigenvalue weighted by Crippen LogP contribution is -2.13. The van der Waals surface area contributed by atoms with Gasteiger partial charge in [-0.05, 0) is 26.0 Å². The number of ether oxygens (including phenoxy) is 1. The van der Waals surface area contributed by atoms with E-state index >= 15 is 0 Å². The first-order valence-corrected chi connectivity index (χ1v) is 5.19. The van der Waals surface area contributed by atoms with Crippen LogP contribution in [-0.2, 0) is 0 Å². The zero-order valence-corrected chi connectivity index (χ0v) is 9.60. The molecule has 0 amide bonds. The molecule has 0 N–H and O–H groups in total. The van der Waals surface area contributed by atoms with Crippen LogP contribution in [0.3, 0.4) is 0 Å². The van der Waals surface area contributed by atoms with E-state index in [0.29, 0.717) is 5.39 Å². The molecule has 4 heteroatoms. The Morgan fingerprint density at radius 2 is 2.12 bits per heavy atom. The summed E-state index contributed by atoms with van der Waals surface area (Å²) >= 11 is 0. The standard InChI is InChI=1S/C12H14N2O2/c1-8(2)14-11-6-9(16-3)4-5-10(11)12(15)7-13-14/h4-8H,1-3H3. The van der Waals surface area contributed by atoms with Crippen molar-refractivity contribution in [3.63, 3.8) is 0 Å². The summed E-state index contributed by atoms with van der Waals surface area (Å²) in [4.78, 5) is 11.6. The minimum atomic E-state index is -0.0606. The predicted octanol–water partition coefficient (Wildman–Crippen LogP) is 1.99. The third kappa shape index (κ3) is 1.66. The summed E-state index contributed by atoms with van der Waals surface area (Å²) in [5, 5.41) is 4.80. The fraction of sp³-hybridized carbons (Fsp3) is 0.333. The Kier molecular flexibility index (Phi) is 2.64. The van der Waals surface area contributed by atoms with E-state index in [-0.39, 0.29) is 11.5 Å². The Labute approximate surface area is 93.5 Å². The smallest absolute Gasteiger partial charge is 0.207 e. The van der Waals surface area contributed by atoms with E-state index in [0.717, 1.165) is 11.3 Å². The number of nitrogens with zero attached hydrogens (tertiary/aromatic N) is 2. The molecule has 1 heterocycles. The van der Waals surface area contributed by atoms with Crippen molar-refractivity contribution in [1.82, 2.24) is 9.78 Å². The maximum atomic E-state index is 11.6. The molecule has 0 aliphatic heterocycles. The van der Waals surface area contributed by atoms with E-state index in [9.17, 15) is 4.79 Å². The summed E-state index contributed by atoms with van der Waals surface area (Å²) in [6.07, 6.45) is 1.36. The molecule has 2 aromatic rings. The SMILES string of the molecule is COc1ccc2c(=O)cnn(C(C)C)c2c1. The topological polar surface area (TPSA) is 44.1 Å². The Balaban J connectivity index is 2.83. The van der Waals surface area contributed by atoms with Gasteiger partial charge in [0.15, 0.2) is 0 Å². The first kappa shape index (κ1) is 10.7. The van der Waals surface area contributed by atoms with E-state index < -0.39 is 0 Å². The molecule has 0 bridgehead atoms. The van der Waals surface area contributed by atoms with Crippen LogP contribution in [0.4, 0.5) is 0 Å². The van der Waals surface area contributed by atoms with Crippen molar-refractivity contribution in [2.24, 2.45) is 0 Å². The molecule has 0 atom stereocenters. The summed E-state index contributed by atoms with van der Waals surface area (Å²) in [5.74, 6) is 0.731. The van der Waals surface area contributed by atoms with E-state index in [1.807, 2.05) is 24.6 Å². The van der Waals surface area contributed by atoms with E-state index in [2.05, 4.69) is 5.10 Å². The number of aromatic nitrogens is 2. The molecule has 0 aliphatic rings. The predicted molar refractivity (Wildman–Crippen MR) is 62.9 cm³/mol. The van der Waals surface area contributed by atoms with Crippen LogP contribution in [0.1, 0.15) is 19.9 Å². The highest BCUT2D eigenvalue weighted by atomic mass is 16.5. The summed E-state index contributed by atoms with van der Waals surface area (Å²) in [5.41, 5.74) is 0.747. The highest BCUT2D eigenvalue weighted by molar-refractivity contribution is 5.79. The maximum absolute atomic E-state index is 11.6. The van der Waals surface area contributed by atoms with Gasteiger partial charge in [-0.2, -0.15) is 5.10 Å². The largest absolute Gasteiger partial charge is 0.497 e. The van der Waals surface area contributed by atoms with Gasteiger partial charge in [-0.1, -0.05) is 0 Å². The van der Waals surface area contributed by atoms with Gasteiger partial charge in [0, 0.05) is 17.5 Å². The Morgan fingerprint density at radius 1 is 1.38 bits per heavy atom. The van der Waals surface area contributed by atoms with Crippen molar-refractivity contribution < 1.29 is 4.74 Å². The second-order valence-electron chi connectivity index (χ2n) is 3.93. The number of hydrogen-bond donors (Lipinski definition) is 0. The summed E-state index contributed by atoms with van der Waals surface area (Å²) in [6.45, 7) is 4.05. The van der Waals surface area contributed by atoms with E-state index in [4.69, 9.17) is 4.74 Å². The van der Waals surface area contributed by atoms with Gasteiger partial charge < -0.3 is 4.74 Å². The monoisotopic (exact) mass is 218 g/mol. The van der Waals surface area contributed by atoms with Crippen LogP contribution in [0, 0.1) is 0 Å². The van der Waals surface area contributed by atoms with Gasteiger partial charge in [-0.15, -0.1) is 0 Å². The van der Waals surface area contributed by atoms with Gasteiger partial charge in [0.1, 0.15) is 5.75 Å². The third-order valence-corrected chi connectivity index (χ3v) is 2.51. The van der Waals surface area contributed by atoms with Crippen molar-refractivity contribution in [3.8, 4) is 5.75 Å². The van der Waals surface area contributed by atoms with Crippen LogP contribution in [-0.4, -0.2) is 16.9 Å². The fourth-order valence-corrected chi connectivity index (χ4v) is 1.69. The number of rotatable bonds is 2. The first-order valence-electron chi connectivity index (χ1n) is 5.19. The molecule has 4 nitrogen and oxygen atoms in total. The lowest BCUT2D eigenvalue weighted by Gasteiger charge is -2.13. The second kappa shape index (κ2) is 3.96. The van der Waals surface area contributed by atoms with Crippen molar-refractivity contribution >= 4 is 10.9 Å². The lowest BCUT2D eigenvalue weighted by atomic mass is 10.2. The summed E-state index contributed by atoms with van der Waals surface area (Å²) in [7, 11) is 1.61. The molecule has 0 saturated heterocycles. The zero-order chi connectivity index (χ0) is 11.7. The highest BCUT2D eigenvalue weighted by Gasteiger charge is 2.07. The molecule has 1 aromatic heterocycles. The van der Waals surface area contributed by atoms with Crippen molar-refractivity contribution in [2.45, 2.75) is 19.9 Å². The van der Waals surface area contributed by atoms with Crippen LogP contribution < -0.4 is 10.2 Å².